The molecular weight excluding hydrogens is 444 g/mol. The molecule has 1 aliphatic heterocycles. The van der Waals surface area contributed by atoms with Gasteiger partial charge in [0.2, 0.25) is 5.95 Å². The number of hydrogen-bond acceptors (Lipinski definition) is 8. The van der Waals surface area contributed by atoms with Gasteiger partial charge in [0.25, 0.3) is 5.56 Å². The summed E-state index contributed by atoms with van der Waals surface area (Å²) in [5, 5.41) is 11.8. The number of fused-ring (bicyclic) bond motifs is 1. The van der Waals surface area contributed by atoms with Crippen LogP contribution in [0.25, 0.3) is 10.6 Å². The van der Waals surface area contributed by atoms with Crippen LogP contribution in [-0.4, -0.2) is 50.5 Å². The first kappa shape index (κ1) is 21.2. The van der Waals surface area contributed by atoms with Gasteiger partial charge in [0, 0.05) is 36.0 Å². The maximum Gasteiger partial charge on any atom is 0.258 e. The van der Waals surface area contributed by atoms with E-state index in [-0.39, 0.29) is 5.56 Å². The highest BCUT2D eigenvalue weighted by Crippen LogP contribution is 2.30. The normalized spacial score (nSPS) is 14.4. The van der Waals surface area contributed by atoms with Gasteiger partial charge in [0.1, 0.15) is 0 Å². The molecule has 1 aliphatic rings. The highest BCUT2D eigenvalue weighted by atomic mass is 32.2. The van der Waals surface area contributed by atoms with Crippen molar-refractivity contribution < 1.29 is 4.74 Å². The lowest BCUT2D eigenvalue weighted by molar-refractivity contribution is 0.122. The molecule has 5 rings (SSSR count). The van der Waals surface area contributed by atoms with Crippen molar-refractivity contribution in [3.63, 3.8) is 0 Å². The van der Waals surface area contributed by atoms with Crippen molar-refractivity contribution in [2.24, 2.45) is 0 Å². The molecule has 4 heterocycles. The van der Waals surface area contributed by atoms with Gasteiger partial charge in [-0.2, -0.15) is 0 Å². The summed E-state index contributed by atoms with van der Waals surface area (Å²) < 4.78 is 9.31. The van der Waals surface area contributed by atoms with Gasteiger partial charge in [-0.25, -0.2) is 4.98 Å². The van der Waals surface area contributed by atoms with Gasteiger partial charge >= 0.3 is 0 Å². The summed E-state index contributed by atoms with van der Waals surface area (Å²) in [4.78, 5) is 20.2. The lowest BCUT2D eigenvalue weighted by atomic mass is 10.1. The second-order valence-corrected chi connectivity index (χ2v) is 9.35. The van der Waals surface area contributed by atoms with E-state index >= 15 is 0 Å². The van der Waals surface area contributed by atoms with E-state index < -0.39 is 0 Å². The van der Waals surface area contributed by atoms with Gasteiger partial charge < -0.3 is 9.64 Å². The summed E-state index contributed by atoms with van der Waals surface area (Å²) in [5.41, 5.74) is 3.92. The Kier molecular flexibility index (Phi) is 5.99. The molecule has 1 fully saturated rings. The van der Waals surface area contributed by atoms with Crippen molar-refractivity contribution in [2.75, 3.05) is 31.2 Å². The Morgan fingerprint density at radius 1 is 1.19 bits per heavy atom. The number of para-hydroxylation sites is 1. The van der Waals surface area contributed by atoms with Crippen LogP contribution >= 0.6 is 23.1 Å². The van der Waals surface area contributed by atoms with E-state index in [1.54, 1.807) is 22.2 Å². The Hall–Kier alpha value is -2.69. The largest absolute Gasteiger partial charge is 0.378 e. The average Bonchev–Trinajstić information content (AvgIpc) is 3.42. The van der Waals surface area contributed by atoms with Crippen LogP contribution in [0.2, 0.25) is 0 Å². The zero-order valence-electron chi connectivity index (χ0n) is 18.0. The van der Waals surface area contributed by atoms with Crippen LogP contribution in [0.4, 0.5) is 5.95 Å². The zero-order valence-corrected chi connectivity index (χ0v) is 19.7. The molecule has 32 heavy (non-hydrogen) atoms. The van der Waals surface area contributed by atoms with Crippen LogP contribution in [0.5, 0.6) is 0 Å². The first-order chi connectivity index (χ1) is 15.7. The van der Waals surface area contributed by atoms with Crippen LogP contribution in [0, 0.1) is 6.92 Å². The maximum absolute atomic E-state index is 12.5. The van der Waals surface area contributed by atoms with E-state index in [1.807, 2.05) is 18.4 Å². The molecule has 0 spiro atoms. The third-order valence-corrected chi connectivity index (χ3v) is 7.41. The molecule has 8 nitrogen and oxygen atoms in total. The van der Waals surface area contributed by atoms with Gasteiger partial charge in [-0.1, -0.05) is 36.9 Å². The van der Waals surface area contributed by atoms with Crippen LogP contribution in [0.15, 0.2) is 45.7 Å². The summed E-state index contributed by atoms with van der Waals surface area (Å²) in [5.74, 6) is 1.37. The standard InChI is InChI=1S/C22H24N6O2S2/c1-3-16-6-4-5-7-18(16)28-20(26-8-10-30-11-9-26)24-25-22(28)32-14-17-12-19(29)27-15(2)13-31-21(27)23-17/h4-7,12-13H,3,8-11,14H2,1-2H3. The fourth-order valence-electron chi connectivity index (χ4n) is 3.88. The minimum absolute atomic E-state index is 0.0452. The van der Waals surface area contributed by atoms with Crippen molar-refractivity contribution in [3.05, 3.63) is 63.0 Å². The number of hydrogen-bond donors (Lipinski definition) is 0. The van der Waals surface area contributed by atoms with E-state index in [0.29, 0.717) is 19.0 Å². The summed E-state index contributed by atoms with van der Waals surface area (Å²) in [7, 11) is 0. The van der Waals surface area contributed by atoms with Gasteiger partial charge in [0.05, 0.1) is 24.6 Å². The Morgan fingerprint density at radius 2 is 2.00 bits per heavy atom. The summed E-state index contributed by atoms with van der Waals surface area (Å²) in [6, 6.07) is 9.97. The topological polar surface area (TPSA) is 77.5 Å². The highest BCUT2D eigenvalue weighted by molar-refractivity contribution is 7.98. The molecule has 166 valence electrons. The predicted octanol–water partition coefficient (Wildman–Crippen LogP) is 3.34. The number of benzene rings is 1. The average molecular weight is 469 g/mol. The first-order valence-corrected chi connectivity index (χ1v) is 12.5. The molecule has 3 aromatic heterocycles. The Morgan fingerprint density at radius 3 is 2.81 bits per heavy atom. The number of thioether (sulfide) groups is 1. The molecule has 0 saturated carbocycles. The van der Waals surface area contributed by atoms with E-state index in [0.717, 1.165) is 52.7 Å². The monoisotopic (exact) mass is 468 g/mol. The molecule has 0 bridgehead atoms. The number of thiazole rings is 1. The summed E-state index contributed by atoms with van der Waals surface area (Å²) in [6.07, 6.45) is 0.910. The minimum atomic E-state index is -0.0452. The molecule has 10 heteroatoms. The van der Waals surface area contributed by atoms with Crippen molar-refractivity contribution in [1.29, 1.82) is 0 Å². The first-order valence-electron chi connectivity index (χ1n) is 10.6. The molecular formula is C22H24N6O2S2. The highest BCUT2D eigenvalue weighted by Gasteiger charge is 2.23. The number of aryl methyl sites for hydroxylation is 2. The third-order valence-electron chi connectivity index (χ3n) is 5.50. The number of rotatable bonds is 6. The number of morpholine rings is 1. The zero-order chi connectivity index (χ0) is 22.1. The number of aromatic nitrogens is 5. The smallest absolute Gasteiger partial charge is 0.258 e. The number of ether oxygens (including phenoxy) is 1. The van der Waals surface area contributed by atoms with Gasteiger partial charge in [-0.05, 0) is 25.0 Å². The SMILES string of the molecule is CCc1ccccc1-n1c(SCc2cc(=O)n3c(C)csc3n2)nnc1N1CCOCC1. The van der Waals surface area contributed by atoms with Crippen molar-refractivity contribution in [2.45, 2.75) is 31.2 Å². The molecule has 0 radical (unpaired) electrons. The van der Waals surface area contributed by atoms with Crippen LogP contribution < -0.4 is 10.5 Å². The van der Waals surface area contributed by atoms with Crippen LogP contribution in [-0.2, 0) is 16.9 Å². The lowest BCUT2D eigenvalue weighted by Gasteiger charge is -2.28. The van der Waals surface area contributed by atoms with Crippen molar-refractivity contribution >= 4 is 34.0 Å². The van der Waals surface area contributed by atoms with Crippen LogP contribution in [0.3, 0.4) is 0 Å². The Balaban J connectivity index is 1.51. The van der Waals surface area contributed by atoms with Gasteiger partial charge in [-0.15, -0.1) is 21.5 Å². The molecule has 0 atom stereocenters. The van der Waals surface area contributed by atoms with Crippen LogP contribution in [0.1, 0.15) is 23.9 Å². The Bertz CT molecular complexity index is 1310. The summed E-state index contributed by atoms with van der Waals surface area (Å²) in [6.45, 7) is 6.99. The van der Waals surface area contributed by atoms with Crippen molar-refractivity contribution in [3.8, 4) is 5.69 Å². The summed E-state index contributed by atoms with van der Waals surface area (Å²) >= 11 is 3.03. The second-order valence-electron chi connectivity index (χ2n) is 7.57. The fraction of sp³-hybridized carbons (Fsp3) is 0.364. The third kappa shape index (κ3) is 3.94. The van der Waals surface area contributed by atoms with Gasteiger partial charge in [0.15, 0.2) is 10.1 Å². The Labute approximate surface area is 193 Å². The minimum Gasteiger partial charge on any atom is -0.378 e. The number of anilines is 1. The molecule has 1 aromatic carbocycles. The molecule has 0 aliphatic carbocycles. The van der Waals surface area contributed by atoms with E-state index in [2.05, 4.69) is 49.8 Å². The fourth-order valence-corrected chi connectivity index (χ4v) is 5.60. The van der Waals surface area contributed by atoms with Crippen molar-refractivity contribution in [1.82, 2.24) is 24.1 Å². The molecule has 1 saturated heterocycles. The van der Waals surface area contributed by atoms with E-state index in [1.165, 1.54) is 16.9 Å². The van der Waals surface area contributed by atoms with E-state index in [9.17, 15) is 4.79 Å². The molecule has 0 N–H and O–H groups in total. The molecule has 0 unspecified atom stereocenters. The quantitative estimate of drug-likeness (QED) is 0.402. The maximum atomic E-state index is 12.5. The predicted molar refractivity (Wildman–Crippen MR) is 127 cm³/mol. The van der Waals surface area contributed by atoms with E-state index in [4.69, 9.17) is 4.74 Å². The molecule has 4 aromatic rings. The molecule has 0 amide bonds. The van der Waals surface area contributed by atoms with Gasteiger partial charge in [-0.3, -0.25) is 13.8 Å². The number of nitrogens with zero attached hydrogens (tertiary/aromatic N) is 6. The second kappa shape index (κ2) is 9.05. The lowest BCUT2D eigenvalue weighted by Crippen LogP contribution is -2.38.